The van der Waals surface area contributed by atoms with Crippen molar-refractivity contribution in [1.82, 2.24) is 14.5 Å². The number of carboxylic acids is 1. The van der Waals surface area contributed by atoms with Crippen molar-refractivity contribution >= 4 is 27.6 Å². The number of aromatic nitrogens is 2. The second-order valence-electron chi connectivity index (χ2n) is 9.00. The number of anilines is 1. The zero-order valence-electron chi connectivity index (χ0n) is 22.1. The second-order valence-corrected chi connectivity index (χ2v) is 10.7. The Morgan fingerprint density at radius 3 is 2.45 bits per heavy atom. The number of carboxylic acid groups (broad SMARTS) is 1. The first-order chi connectivity index (χ1) is 17.9. The molecule has 0 spiro atoms. The molecule has 3 aromatic rings. The fourth-order valence-corrected chi connectivity index (χ4v) is 5.02. The summed E-state index contributed by atoms with van der Waals surface area (Å²) in [4.78, 5) is 24.3. The first-order valence-electron chi connectivity index (χ1n) is 12.0. The van der Waals surface area contributed by atoms with E-state index in [0.717, 1.165) is 0 Å². The number of hydrogen-bond donors (Lipinski definition) is 3. The highest BCUT2D eigenvalue weighted by molar-refractivity contribution is 7.89. The van der Waals surface area contributed by atoms with E-state index in [1.54, 1.807) is 52.0 Å². The summed E-state index contributed by atoms with van der Waals surface area (Å²) < 4.78 is 41.9. The number of amides is 1. The van der Waals surface area contributed by atoms with E-state index in [-0.39, 0.29) is 45.6 Å². The zero-order valence-corrected chi connectivity index (χ0v) is 22.9. The van der Waals surface area contributed by atoms with Gasteiger partial charge in [0, 0.05) is 22.9 Å². The van der Waals surface area contributed by atoms with E-state index in [2.05, 4.69) is 15.1 Å². The summed E-state index contributed by atoms with van der Waals surface area (Å²) in [6.45, 7) is 8.70. The zero-order chi connectivity index (χ0) is 28.2. The SMILES string of the molecule is CC[C@@H](C)NS(=O)(=O)c1cc(NC(=O)c2cccc(OC)c2)ccc1Oc1c(C)c(C(=O)O)nn1C(C)C. The van der Waals surface area contributed by atoms with Crippen molar-refractivity contribution in [2.75, 3.05) is 12.4 Å². The van der Waals surface area contributed by atoms with E-state index in [0.29, 0.717) is 17.7 Å². The van der Waals surface area contributed by atoms with E-state index in [9.17, 15) is 23.1 Å². The number of ether oxygens (including phenoxy) is 2. The molecule has 1 aromatic heterocycles. The molecule has 1 heterocycles. The molecule has 12 heteroatoms. The van der Waals surface area contributed by atoms with E-state index in [1.807, 2.05) is 6.92 Å². The summed E-state index contributed by atoms with van der Waals surface area (Å²) in [5.41, 5.74) is 0.595. The van der Waals surface area contributed by atoms with Crippen molar-refractivity contribution < 1.29 is 32.6 Å². The van der Waals surface area contributed by atoms with E-state index in [1.165, 1.54) is 30.0 Å². The predicted molar refractivity (Wildman–Crippen MR) is 142 cm³/mol. The lowest BCUT2D eigenvalue weighted by atomic mass is 10.2. The van der Waals surface area contributed by atoms with Gasteiger partial charge < -0.3 is 19.9 Å². The van der Waals surface area contributed by atoms with Gasteiger partial charge in [-0.05, 0) is 70.5 Å². The largest absolute Gasteiger partial charge is 0.497 e. The van der Waals surface area contributed by atoms with Crippen LogP contribution in [0, 0.1) is 6.92 Å². The highest BCUT2D eigenvalue weighted by Gasteiger charge is 2.27. The highest BCUT2D eigenvalue weighted by Crippen LogP contribution is 2.35. The third-order valence-corrected chi connectivity index (χ3v) is 7.39. The Kier molecular flexibility index (Phi) is 8.79. The molecule has 1 atom stereocenters. The normalized spacial score (nSPS) is 12.3. The van der Waals surface area contributed by atoms with Crippen molar-refractivity contribution in [3.8, 4) is 17.4 Å². The first-order valence-corrected chi connectivity index (χ1v) is 13.5. The molecule has 0 bridgehead atoms. The number of benzene rings is 2. The number of nitrogens with zero attached hydrogens (tertiary/aromatic N) is 2. The Hall–Kier alpha value is -3.90. The summed E-state index contributed by atoms with van der Waals surface area (Å²) >= 11 is 0. The molecule has 38 heavy (non-hydrogen) atoms. The monoisotopic (exact) mass is 544 g/mol. The first kappa shape index (κ1) is 28.7. The molecule has 0 aliphatic rings. The minimum atomic E-state index is -4.10. The molecule has 0 aliphatic carbocycles. The Bertz CT molecular complexity index is 1450. The Morgan fingerprint density at radius 1 is 1.13 bits per heavy atom. The van der Waals surface area contributed by atoms with Crippen LogP contribution in [-0.2, 0) is 10.0 Å². The average molecular weight is 545 g/mol. The van der Waals surface area contributed by atoms with Gasteiger partial charge in [-0.2, -0.15) is 5.10 Å². The number of nitrogens with one attached hydrogen (secondary N) is 2. The summed E-state index contributed by atoms with van der Waals surface area (Å²) in [6.07, 6.45) is 0.545. The van der Waals surface area contributed by atoms with Crippen molar-refractivity contribution in [1.29, 1.82) is 0 Å². The minimum absolute atomic E-state index is 0.0537. The summed E-state index contributed by atoms with van der Waals surface area (Å²) in [6, 6.07) is 10.1. The standard InChI is InChI=1S/C26H32N4O7S/c1-7-16(4)29-38(34,35)22-14-19(27-24(31)18-9-8-10-20(13-18)36-6)11-12-21(22)37-25-17(5)23(26(32)33)28-30(25)15(2)3/h8-16,29H,7H2,1-6H3,(H,27,31)(H,32,33)/t16-/m1/s1. The Labute approximate surface area is 221 Å². The van der Waals surface area contributed by atoms with Crippen LogP contribution in [0.2, 0.25) is 0 Å². The molecule has 0 radical (unpaired) electrons. The van der Waals surface area contributed by atoms with Crippen LogP contribution in [0.15, 0.2) is 47.4 Å². The molecule has 0 saturated carbocycles. The van der Waals surface area contributed by atoms with E-state index < -0.39 is 21.9 Å². The smallest absolute Gasteiger partial charge is 0.356 e. The van der Waals surface area contributed by atoms with E-state index in [4.69, 9.17) is 9.47 Å². The van der Waals surface area contributed by atoms with Crippen LogP contribution in [0.4, 0.5) is 5.69 Å². The van der Waals surface area contributed by atoms with Crippen LogP contribution in [0.3, 0.4) is 0 Å². The Morgan fingerprint density at radius 2 is 1.84 bits per heavy atom. The quantitative estimate of drug-likeness (QED) is 0.317. The summed E-state index contributed by atoms with van der Waals surface area (Å²) in [5.74, 6) is -1.14. The third-order valence-electron chi connectivity index (χ3n) is 5.78. The maximum atomic E-state index is 13.4. The molecular formula is C26H32N4O7S. The molecule has 1 amide bonds. The van der Waals surface area contributed by atoms with Crippen molar-refractivity contribution in [3.63, 3.8) is 0 Å². The second kappa shape index (κ2) is 11.7. The van der Waals surface area contributed by atoms with Gasteiger partial charge in [-0.1, -0.05) is 13.0 Å². The number of carbonyl (C=O) groups excluding carboxylic acids is 1. The highest BCUT2D eigenvalue weighted by atomic mass is 32.2. The molecule has 0 saturated heterocycles. The summed E-state index contributed by atoms with van der Waals surface area (Å²) in [5, 5.41) is 16.3. The van der Waals surface area contributed by atoms with Gasteiger partial charge in [0.25, 0.3) is 5.91 Å². The minimum Gasteiger partial charge on any atom is -0.497 e. The van der Waals surface area contributed by atoms with Gasteiger partial charge in [0.1, 0.15) is 16.4 Å². The molecule has 11 nitrogen and oxygen atoms in total. The fraction of sp³-hybridized carbons (Fsp3) is 0.346. The molecule has 204 valence electrons. The summed E-state index contributed by atoms with van der Waals surface area (Å²) in [7, 11) is -2.61. The molecule has 2 aromatic carbocycles. The molecule has 0 aliphatic heterocycles. The van der Waals surface area contributed by atoms with Gasteiger partial charge in [-0.15, -0.1) is 0 Å². The van der Waals surface area contributed by atoms with Crippen molar-refractivity contribution in [3.05, 3.63) is 59.3 Å². The lowest BCUT2D eigenvalue weighted by molar-refractivity contribution is 0.0688. The van der Waals surface area contributed by atoms with Crippen LogP contribution in [0.1, 0.15) is 66.6 Å². The molecule has 0 fully saturated rings. The number of methoxy groups -OCH3 is 1. The lowest BCUT2D eigenvalue weighted by Crippen LogP contribution is -2.32. The maximum absolute atomic E-state index is 13.4. The molecular weight excluding hydrogens is 512 g/mol. The van der Waals surface area contributed by atoms with Crippen molar-refractivity contribution in [2.45, 2.75) is 58.0 Å². The maximum Gasteiger partial charge on any atom is 0.356 e. The lowest BCUT2D eigenvalue weighted by Gasteiger charge is -2.18. The predicted octanol–water partition coefficient (Wildman–Crippen LogP) is 4.60. The van der Waals surface area contributed by atoms with Gasteiger partial charge in [0.05, 0.1) is 13.2 Å². The average Bonchev–Trinajstić information content (AvgIpc) is 3.20. The van der Waals surface area contributed by atoms with Crippen LogP contribution in [0.25, 0.3) is 0 Å². The number of hydrogen-bond acceptors (Lipinski definition) is 7. The third kappa shape index (κ3) is 6.32. The number of carbonyl (C=O) groups is 2. The van der Waals surface area contributed by atoms with Crippen LogP contribution in [0.5, 0.6) is 17.4 Å². The number of rotatable bonds is 11. The van der Waals surface area contributed by atoms with Gasteiger partial charge in [0.15, 0.2) is 5.69 Å². The van der Waals surface area contributed by atoms with Gasteiger partial charge in [-0.3, -0.25) is 4.79 Å². The fourth-order valence-electron chi connectivity index (χ4n) is 3.54. The van der Waals surface area contributed by atoms with Crippen LogP contribution in [-0.4, -0.2) is 48.3 Å². The topological polar surface area (TPSA) is 149 Å². The number of sulfonamides is 1. The Balaban J connectivity index is 2.08. The molecule has 3 N–H and O–H groups in total. The van der Waals surface area contributed by atoms with Crippen LogP contribution >= 0.6 is 0 Å². The van der Waals surface area contributed by atoms with Gasteiger partial charge >= 0.3 is 5.97 Å². The molecule has 0 unspecified atom stereocenters. The van der Waals surface area contributed by atoms with Crippen molar-refractivity contribution in [2.24, 2.45) is 0 Å². The van der Waals surface area contributed by atoms with Crippen LogP contribution < -0.4 is 19.5 Å². The van der Waals surface area contributed by atoms with E-state index >= 15 is 0 Å². The van der Waals surface area contributed by atoms with Gasteiger partial charge in [0.2, 0.25) is 15.9 Å². The molecule has 3 rings (SSSR count). The van der Waals surface area contributed by atoms with Gasteiger partial charge in [-0.25, -0.2) is 22.6 Å². The number of aromatic carboxylic acids is 1.